The summed E-state index contributed by atoms with van der Waals surface area (Å²) in [6.07, 6.45) is 3.54. The van der Waals surface area contributed by atoms with Gasteiger partial charge in [-0.15, -0.1) is 10.1 Å². The molecular formula is C24H32N6O7S. The first-order valence-corrected chi connectivity index (χ1v) is 13.9. The highest BCUT2D eigenvalue weighted by Crippen LogP contribution is 2.32. The normalized spacial score (nSPS) is 15.1. The maximum Gasteiger partial charge on any atom is 0.294 e. The largest absolute Gasteiger partial charge is 0.493 e. The van der Waals surface area contributed by atoms with Gasteiger partial charge in [-0.2, -0.15) is 4.31 Å². The van der Waals surface area contributed by atoms with Gasteiger partial charge in [0.1, 0.15) is 23.7 Å². The lowest BCUT2D eigenvalue weighted by molar-refractivity contribution is -0.757. The Labute approximate surface area is 220 Å². The fourth-order valence-electron chi connectivity index (χ4n) is 4.68. The quantitative estimate of drug-likeness (QED) is 0.279. The number of nitrogens with one attached hydrogen (secondary N) is 1. The second-order valence-corrected chi connectivity index (χ2v) is 11.0. The number of rotatable bonds is 11. The molecule has 0 bridgehead atoms. The Morgan fingerprint density at radius 1 is 1.18 bits per heavy atom. The van der Waals surface area contributed by atoms with Gasteiger partial charge in [-0.3, -0.25) is 9.69 Å². The Bertz CT molecular complexity index is 1480. The second kappa shape index (κ2) is 11.5. The Balaban J connectivity index is 1.66. The van der Waals surface area contributed by atoms with Crippen molar-refractivity contribution in [2.45, 2.75) is 31.6 Å². The van der Waals surface area contributed by atoms with Crippen molar-refractivity contribution in [1.29, 1.82) is 0 Å². The van der Waals surface area contributed by atoms with Crippen molar-refractivity contribution in [3.63, 3.8) is 0 Å². The van der Waals surface area contributed by atoms with Crippen molar-refractivity contribution >= 4 is 21.1 Å². The number of aromatic amines is 1. The van der Waals surface area contributed by atoms with Crippen molar-refractivity contribution in [1.82, 2.24) is 23.7 Å². The number of fused-ring (bicyclic) bond motifs is 1. The SMILES string of the molecule is CCCc1cn(C)c2c(=O)[nH]c(-c3cc(S(=O)(=O)N4CCN(CCO[N+](=O)[O-])CC4)ccc3OCC)nc12. The van der Waals surface area contributed by atoms with E-state index in [-0.39, 0.29) is 36.0 Å². The number of aromatic nitrogens is 3. The average molecular weight is 549 g/mol. The Hall–Kier alpha value is -3.49. The number of ether oxygens (including phenoxy) is 1. The minimum Gasteiger partial charge on any atom is -0.493 e. The van der Waals surface area contributed by atoms with E-state index < -0.39 is 15.1 Å². The van der Waals surface area contributed by atoms with E-state index in [4.69, 9.17) is 9.72 Å². The highest BCUT2D eigenvalue weighted by Gasteiger charge is 2.29. The van der Waals surface area contributed by atoms with Crippen LogP contribution in [0.5, 0.6) is 5.75 Å². The van der Waals surface area contributed by atoms with Gasteiger partial charge in [0.2, 0.25) is 10.0 Å². The van der Waals surface area contributed by atoms with Crippen LogP contribution in [0, 0.1) is 10.1 Å². The standard InChI is InChI=1S/C24H32N6O7S/c1-4-6-17-16-27(3)22-21(17)25-23(26-24(22)31)19-15-18(7-8-20(19)36-5-2)38(34,35)29-11-9-28(10-12-29)13-14-37-30(32)33/h7-8,15-16H,4-6,9-14H2,1-3H3,(H,25,26,31). The number of nitrogens with zero attached hydrogens (tertiary/aromatic N) is 5. The summed E-state index contributed by atoms with van der Waals surface area (Å²) in [5.74, 6) is 0.652. The van der Waals surface area contributed by atoms with Crippen LogP contribution in [0.4, 0.5) is 0 Å². The van der Waals surface area contributed by atoms with Crippen LogP contribution in [0.15, 0.2) is 34.1 Å². The van der Waals surface area contributed by atoms with Gasteiger partial charge in [0.05, 0.1) is 22.6 Å². The molecule has 0 saturated carbocycles. The van der Waals surface area contributed by atoms with E-state index in [1.807, 2.05) is 18.0 Å². The predicted molar refractivity (Wildman–Crippen MR) is 140 cm³/mol. The number of hydrogen-bond donors (Lipinski definition) is 1. The molecule has 4 rings (SSSR count). The third kappa shape index (κ3) is 5.66. The molecule has 13 nitrogen and oxygen atoms in total. The van der Waals surface area contributed by atoms with E-state index in [1.165, 1.54) is 16.4 Å². The van der Waals surface area contributed by atoms with Crippen LogP contribution in [-0.4, -0.2) is 83.2 Å². The lowest BCUT2D eigenvalue weighted by Gasteiger charge is -2.33. The molecule has 0 spiro atoms. The molecule has 0 unspecified atom stereocenters. The van der Waals surface area contributed by atoms with E-state index in [1.54, 1.807) is 17.7 Å². The molecule has 38 heavy (non-hydrogen) atoms. The van der Waals surface area contributed by atoms with Crippen LogP contribution in [0.2, 0.25) is 0 Å². The second-order valence-electron chi connectivity index (χ2n) is 9.02. The first-order valence-electron chi connectivity index (χ1n) is 12.5. The summed E-state index contributed by atoms with van der Waals surface area (Å²) in [5.41, 5.74) is 2.05. The van der Waals surface area contributed by atoms with Crippen LogP contribution in [0.1, 0.15) is 25.8 Å². The molecule has 2 aromatic heterocycles. The molecule has 0 amide bonds. The molecule has 1 saturated heterocycles. The molecule has 1 aliphatic rings. The third-order valence-electron chi connectivity index (χ3n) is 6.50. The zero-order chi connectivity index (χ0) is 27.4. The van der Waals surface area contributed by atoms with Crippen molar-refractivity contribution in [2.24, 2.45) is 7.05 Å². The van der Waals surface area contributed by atoms with Gasteiger partial charge in [0, 0.05) is 46.0 Å². The number of H-pyrrole nitrogens is 1. The van der Waals surface area contributed by atoms with Gasteiger partial charge in [0.25, 0.3) is 10.6 Å². The number of benzene rings is 1. The summed E-state index contributed by atoms with van der Waals surface area (Å²) in [6, 6.07) is 4.56. The molecule has 3 aromatic rings. The molecule has 1 aromatic carbocycles. The number of sulfonamides is 1. The van der Waals surface area contributed by atoms with Crippen LogP contribution >= 0.6 is 0 Å². The van der Waals surface area contributed by atoms with E-state index in [0.717, 1.165) is 18.4 Å². The van der Waals surface area contributed by atoms with Crippen molar-refractivity contribution in [3.8, 4) is 17.1 Å². The number of aryl methyl sites for hydroxylation is 2. The molecule has 206 valence electrons. The zero-order valence-electron chi connectivity index (χ0n) is 21.7. The van der Waals surface area contributed by atoms with E-state index >= 15 is 0 Å². The molecule has 0 atom stereocenters. The smallest absolute Gasteiger partial charge is 0.294 e. The van der Waals surface area contributed by atoms with Gasteiger partial charge in [-0.25, -0.2) is 13.4 Å². The van der Waals surface area contributed by atoms with Crippen LogP contribution < -0.4 is 10.3 Å². The molecular weight excluding hydrogens is 516 g/mol. The molecule has 1 aliphatic heterocycles. The van der Waals surface area contributed by atoms with Crippen LogP contribution in [-0.2, 0) is 28.3 Å². The fourth-order valence-corrected chi connectivity index (χ4v) is 6.13. The van der Waals surface area contributed by atoms with Crippen LogP contribution in [0.25, 0.3) is 22.4 Å². The molecule has 14 heteroatoms. The van der Waals surface area contributed by atoms with Crippen molar-refractivity contribution in [2.75, 3.05) is 45.9 Å². The summed E-state index contributed by atoms with van der Waals surface area (Å²) >= 11 is 0. The summed E-state index contributed by atoms with van der Waals surface area (Å²) < 4.78 is 36.0. The molecule has 0 aliphatic carbocycles. The van der Waals surface area contributed by atoms with Crippen molar-refractivity contribution < 1.29 is 23.1 Å². The van der Waals surface area contributed by atoms with Gasteiger partial charge >= 0.3 is 0 Å². The summed E-state index contributed by atoms with van der Waals surface area (Å²) in [6.45, 7) is 5.79. The van der Waals surface area contributed by atoms with E-state index in [0.29, 0.717) is 48.6 Å². The van der Waals surface area contributed by atoms with Gasteiger partial charge in [0.15, 0.2) is 0 Å². The minimum atomic E-state index is -3.86. The molecule has 3 heterocycles. The summed E-state index contributed by atoms with van der Waals surface area (Å²) in [4.78, 5) is 37.3. The molecule has 0 radical (unpaired) electrons. The zero-order valence-corrected chi connectivity index (χ0v) is 22.5. The van der Waals surface area contributed by atoms with Crippen LogP contribution in [0.3, 0.4) is 0 Å². The van der Waals surface area contributed by atoms with Crippen molar-refractivity contribution in [3.05, 3.63) is 50.4 Å². The highest BCUT2D eigenvalue weighted by molar-refractivity contribution is 7.89. The minimum absolute atomic E-state index is 0.0608. The molecule has 1 fully saturated rings. The van der Waals surface area contributed by atoms with Gasteiger partial charge in [-0.1, -0.05) is 13.3 Å². The Morgan fingerprint density at radius 2 is 1.92 bits per heavy atom. The number of hydrogen-bond acceptors (Lipinski definition) is 9. The summed E-state index contributed by atoms with van der Waals surface area (Å²) in [5, 5.41) is 9.51. The lowest BCUT2D eigenvalue weighted by Crippen LogP contribution is -2.49. The topological polar surface area (TPSA) is 153 Å². The Morgan fingerprint density at radius 3 is 2.58 bits per heavy atom. The molecule has 1 N–H and O–H groups in total. The Kier molecular flexibility index (Phi) is 8.33. The average Bonchev–Trinajstić information content (AvgIpc) is 3.20. The summed E-state index contributed by atoms with van der Waals surface area (Å²) in [7, 11) is -2.06. The van der Waals surface area contributed by atoms with E-state index in [2.05, 4.69) is 16.7 Å². The number of piperazine rings is 1. The highest BCUT2D eigenvalue weighted by atomic mass is 32.2. The van der Waals surface area contributed by atoms with E-state index in [9.17, 15) is 23.3 Å². The van der Waals surface area contributed by atoms with Gasteiger partial charge < -0.3 is 19.1 Å². The fraction of sp³-hybridized carbons (Fsp3) is 0.500. The first kappa shape index (κ1) is 27.5. The predicted octanol–water partition coefficient (Wildman–Crippen LogP) is 1.79. The maximum absolute atomic E-state index is 13.5. The lowest BCUT2D eigenvalue weighted by atomic mass is 10.1. The maximum atomic E-state index is 13.5. The first-order chi connectivity index (χ1) is 18.1. The monoisotopic (exact) mass is 548 g/mol. The third-order valence-corrected chi connectivity index (χ3v) is 8.39. The van der Waals surface area contributed by atoms with Gasteiger partial charge in [-0.05, 0) is 37.1 Å².